The topological polar surface area (TPSA) is 85.0 Å². The van der Waals surface area contributed by atoms with E-state index < -0.39 is 17.4 Å². The fraction of sp³-hybridized carbons (Fsp3) is 0.360. The highest BCUT2D eigenvalue weighted by Gasteiger charge is 2.47. The van der Waals surface area contributed by atoms with E-state index in [1.807, 2.05) is 17.0 Å². The molecular formula is C25H24F3N5O2. The molecule has 7 nitrogen and oxygen atoms in total. The molecule has 0 bridgehead atoms. The van der Waals surface area contributed by atoms with Crippen LogP contribution in [0.3, 0.4) is 0 Å². The highest BCUT2D eigenvalue weighted by atomic mass is 19.3. The third-order valence-electron chi connectivity index (χ3n) is 6.92. The van der Waals surface area contributed by atoms with Gasteiger partial charge < -0.3 is 25.4 Å². The van der Waals surface area contributed by atoms with Gasteiger partial charge in [0.05, 0.1) is 13.2 Å². The molecule has 35 heavy (non-hydrogen) atoms. The van der Waals surface area contributed by atoms with Crippen LogP contribution in [0.25, 0.3) is 11.1 Å². The number of nitrogens with one attached hydrogen (secondary N) is 1. The molecule has 0 amide bonds. The first-order valence-electron chi connectivity index (χ1n) is 11.5. The summed E-state index contributed by atoms with van der Waals surface area (Å²) in [6.07, 6.45) is 2.90. The Morgan fingerprint density at radius 3 is 2.74 bits per heavy atom. The predicted molar refractivity (Wildman–Crippen MR) is 123 cm³/mol. The van der Waals surface area contributed by atoms with Crippen molar-refractivity contribution >= 4 is 5.84 Å². The summed E-state index contributed by atoms with van der Waals surface area (Å²) in [5, 5.41) is 3.30. The molecule has 1 fully saturated rings. The number of halogens is 3. The second-order valence-corrected chi connectivity index (χ2v) is 9.17. The maximum absolute atomic E-state index is 14.5. The van der Waals surface area contributed by atoms with E-state index >= 15 is 0 Å². The monoisotopic (exact) mass is 483 g/mol. The van der Waals surface area contributed by atoms with Crippen LogP contribution in [0.1, 0.15) is 18.4 Å². The molecule has 1 aromatic carbocycles. The zero-order valence-corrected chi connectivity index (χ0v) is 18.9. The van der Waals surface area contributed by atoms with E-state index in [2.05, 4.69) is 10.3 Å². The van der Waals surface area contributed by atoms with Crippen molar-refractivity contribution < 1.29 is 22.6 Å². The van der Waals surface area contributed by atoms with Gasteiger partial charge in [-0.1, -0.05) is 6.07 Å². The van der Waals surface area contributed by atoms with Gasteiger partial charge in [0.2, 0.25) is 5.95 Å². The third-order valence-corrected chi connectivity index (χ3v) is 6.92. The fourth-order valence-electron chi connectivity index (χ4n) is 5.13. The fourth-order valence-corrected chi connectivity index (χ4v) is 5.13. The van der Waals surface area contributed by atoms with E-state index in [0.717, 1.165) is 11.4 Å². The first-order valence-corrected chi connectivity index (χ1v) is 11.5. The van der Waals surface area contributed by atoms with Crippen LogP contribution in [0, 0.1) is 5.95 Å². The standard InChI is InChI=1S/C25H24F3N5O2/c26-23-16(2-1-7-30-23)15-3-4-19-17(10-15)25(14-34-13-21(29)32-25)18-11-22(31-12-20(18)35-19)33-8-5-24(27,28)6-9-33/h1-4,7,10-11,31H,5-6,8-9,12-14H2,(H2,29,32). The Morgan fingerprint density at radius 2 is 1.97 bits per heavy atom. The number of hydrogen-bond acceptors (Lipinski definition) is 7. The van der Waals surface area contributed by atoms with Gasteiger partial charge in [0.25, 0.3) is 5.92 Å². The number of nitrogens with two attached hydrogens (primary N) is 1. The molecule has 0 saturated carbocycles. The average molecular weight is 483 g/mol. The van der Waals surface area contributed by atoms with Crippen molar-refractivity contribution in [2.75, 3.05) is 32.8 Å². The van der Waals surface area contributed by atoms with E-state index in [0.29, 0.717) is 40.6 Å². The number of rotatable bonds is 2. The number of amidine groups is 1. The van der Waals surface area contributed by atoms with Crippen molar-refractivity contribution in [1.29, 1.82) is 0 Å². The highest BCUT2D eigenvalue weighted by molar-refractivity contribution is 5.84. The van der Waals surface area contributed by atoms with Gasteiger partial charge in [-0.05, 0) is 35.9 Å². The van der Waals surface area contributed by atoms with Gasteiger partial charge in [-0.25, -0.2) is 13.8 Å². The van der Waals surface area contributed by atoms with E-state index in [9.17, 15) is 13.2 Å². The van der Waals surface area contributed by atoms with E-state index in [4.69, 9.17) is 20.2 Å². The smallest absolute Gasteiger partial charge is 0.251 e. The molecule has 4 aliphatic heterocycles. The number of hydrogen-bond donors (Lipinski definition) is 2. The number of piperidine rings is 1. The lowest BCUT2D eigenvalue weighted by Crippen LogP contribution is -2.48. The van der Waals surface area contributed by atoms with Gasteiger partial charge in [0.1, 0.15) is 35.3 Å². The molecule has 0 radical (unpaired) electrons. The lowest BCUT2D eigenvalue weighted by Gasteiger charge is -2.43. The molecule has 182 valence electrons. The first kappa shape index (κ1) is 22.0. The molecule has 2 aromatic rings. The molecule has 3 N–H and O–H groups in total. The average Bonchev–Trinajstić information content (AvgIpc) is 2.85. The van der Waals surface area contributed by atoms with Gasteiger partial charge in [0, 0.05) is 48.8 Å². The van der Waals surface area contributed by atoms with Crippen molar-refractivity contribution in [2.45, 2.75) is 24.3 Å². The van der Waals surface area contributed by atoms with Crippen LogP contribution in [-0.4, -0.2) is 54.5 Å². The Kier molecular flexibility index (Phi) is 5.03. The van der Waals surface area contributed by atoms with Crippen molar-refractivity contribution in [2.24, 2.45) is 10.7 Å². The Labute approximate surface area is 200 Å². The van der Waals surface area contributed by atoms with Crippen LogP contribution < -0.4 is 15.8 Å². The van der Waals surface area contributed by atoms with Gasteiger partial charge >= 0.3 is 0 Å². The van der Waals surface area contributed by atoms with E-state index in [1.54, 1.807) is 24.3 Å². The van der Waals surface area contributed by atoms with Crippen LogP contribution in [0.4, 0.5) is 13.2 Å². The highest BCUT2D eigenvalue weighted by Crippen LogP contribution is 2.49. The van der Waals surface area contributed by atoms with E-state index in [-0.39, 0.29) is 39.1 Å². The van der Waals surface area contributed by atoms with Crippen LogP contribution in [0.5, 0.6) is 5.75 Å². The van der Waals surface area contributed by atoms with E-state index in [1.165, 1.54) is 6.20 Å². The number of alkyl halides is 2. The Bertz CT molecular complexity index is 1280. The summed E-state index contributed by atoms with van der Waals surface area (Å²) in [5.41, 5.74) is 7.58. The molecule has 1 spiro atoms. The molecule has 10 heteroatoms. The summed E-state index contributed by atoms with van der Waals surface area (Å²) in [6, 6.07) is 8.74. The number of benzene rings is 1. The molecule has 1 atom stereocenters. The molecule has 6 rings (SSSR count). The van der Waals surface area contributed by atoms with Gasteiger partial charge in [0.15, 0.2) is 0 Å². The number of aliphatic imine (C=N–C) groups is 1. The lowest BCUT2D eigenvalue weighted by atomic mass is 9.78. The molecule has 1 unspecified atom stereocenters. The Morgan fingerprint density at radius 1 is 1.14 bits per heavy atom. The predicted octanol–water partition coefficient (Wildman–Crippen LogP) is 3.29. The summed E-state index contributed by atoms with van der Waals surface area (Å²) in [4.78, 5) is 10.6. The number of dihydropyridines is 1. The van der Waals surface area contributed by atoms with Crippen LogP contribution in [0.2, 0.25) is 0 Å². The van der Waals surface area contributed by atoms with Crippen LogP contribution in [0.15, 0.2) is 64.8 Å². The summed E-state index contributed by atoms with van der Waals surface area (Å²) in [6.45, 7) is 1.26. The van der Waals surface area contributed by atoms with Gasteiger partial charge in [-0.15, -0.1) is 0 Å². The summed E-state index contributed by atoms with van der Waals surface area (Å²) in [7, 11) is 0. The Balaban J connectivity index is 1.46. The maximum atomic E-state index is 14.5. The Hall–Kier alpha value is -3.53. The largest absolute Gasteiger partial charge is 0.459 e. The quantitative estimate of drug-likeness (QED) is 0.638. The number of nitrogens with zero attached hydrogens (tertiary/aromatic N) is 3. The molecular weight excluding hydrogens is 459 g/mol. The zero-order chi connectivity index (χ0) is 24.2. The van der Waals surface area contributed by atoms with Crippen LogP contribution in [-0.2, 0) is 10.3 Å². The zero-order valence-electron chi connectivity index (χ0n) is 18.9. The summed E-state index contributed by atoms with van der Waals surface area (Å²) >= 11 is 0. The molecule has 5 heterocycles. The van der Waals surface area contributed by atoms with Crippen molar-refractivity contribution in [3.63, 3.8) is 0 Å². The molecule has 1 saturated heterocycles. The SMILES string of the molecule is NC1=NC2(COC1)C1=C(CNC(N3CCC(F)(F)CC3)=C1)Oc1ccc(-c3cccnc3F)cc12. The van der Waals surface area contributed by atoms with Gasteiger partial charge in [-0.3, -0.25) is 4.99 Å². The van der Waals surface area contributed by atoms with Crippen molar-refractivity contribution in [3.8, 4) is 16.9 Å². The van der Waals surface area contributed by atoms with Gasteiger partial charge in [-0.2, -0.15) is 4.39 Å². The second kappa shape index (κ2) is 8.01. The maximum Gasteiger partial charge on any atom is 0.251 e. The number of likely N-dealkylation sites (tertiary alicyclic amines) is 1. The number of aromatic nitrogens is 1. The third kappa shape index (κ3) is 3.72. The van der Waals surface area contributed by atoms with Crippen LogP contribution >= 0.6 is 0 Å². The first-order chi connectivity index (χ1) is 16.8. The lowest BCUT2D eigenvalue weighted by molar-refractivity contribution is -0.0501. The number of pyridine rings is 1. The molecule has 0 aliphatic carbocycles. The summed E-state index contributed by atoms with van der Waals surface area (Å²) < 4.78 is 54.1. The number of fused-ring (bicyclic) bond motifs is 3. The minimum Gasteiger partial charge on any atom is -0.459 e. The molecule has 4 aliphatic rings. The molecule has 1 aromatic heterocycles. The minimum atomic E-state index is -2.64. The van der Waals surface area contributed by atoms with Crippen molar-refractivity contribution in [1.82, 2.24) is 15.2 Å². The normalized spacial score (nSPS) is 25.2. The summed E-state index contributed by atoms with van der Waals surface area (Å²) in [5.74, 6) is -0.911. The van der Waals surface area contributed by atoms with Crippen molar-refractivity contribution in [3.05, 3.63) is 71.3 Å². The minimum absolute atomic E-state index is 0.198. The number of ether oxygens (including phenoxy) is 2. The second-order valence-electron chi connectivity index (χ2n) is 9.17.